The normalized spacial score (nSPS) is 11.2. The summed E-state index contributed by atoms with van der Waals surface area (Å²) in [4.78, 5) is 17.2. The first kappa shape index (κ1) is 14.4. The number of fused-ring (bicyclic) bond motifs is 3. The van der Waals surface area contributed by atoms with Gasteiger partial charge in [-0.05, 0) is 24.1 Å². The molecule has 4 rings (SSSR count). The van der Waals surface area contributed by atoms with Crippen molar-refractivity contribution in [2.75, 3.05) is 7.11 Å². The van der Waals surface area contributed by atoms with Crippen LogP contribution in [0.25, 0.3) is 16.7 Å². The summed E-state index contributed by atoms with van der Waals surface area (Å²) in [5.41, 5.74) is 1.83. The van der Waals surface area contributed by atoms with Gasteiger partial charge in [0.1, 0.15) is 0 Å². The minimum absolute atomic E-state index is 0.0657. The molecule has 0 saturated heterocycles. The van der Waals surface area contributed by atoms with E-state index in [1.165, 1.54) is 12.7 Å². The zero-order valence-electron chi connectivity index (χ0n) is 13.2. The summed E-state index contributed by atoms with van der Waals surface area (Å²) in [5.74, 6) is 0.492. The van der Waals surface area contributed by atoms with E-state index in [9.17, 15) is 4.79 Å². The maximum atomic E-state index is 12.9. The topological polar surface area (TPSA) is 61.4 Å². The Bertz CT molecular complexity index is 1070. The van der Waals surface area contributed by atoms with Crippen LogP contribution in [0.3, 0.4) is 0 Å². The molecule has 0 N–H and O–H groups in total. The van der Waals surface area contributed by atoms with Crippen LogP contribution < -0.4 is 10.3 Å². The van der Waals surface area contributed by atoms with Crippen molar-refractivity contribution in [1.82, 2.24) is 19.2 Å². The average Bonchev–Trinajstić information content (AvgIpc) is 3.07. The Hall–Kier alpha value is -3.15. The molecule has 0 atom stereocenters. The number of methoxy groups -OCH3 is 1. The first-order chi connectivity index (χ1) is 11.8. The standard InChI is InChI=1S/C18H16N4O2/c1-24-17-19-18-21(12-11-13-7-3-2-4-8-13)16(23)14-9-5-6-10-15(14)22(18)20-17/h2-10H,11-12H2,1H3. The van der Waals surface area contributed by atoms with Gasteiger partial charge in [0, 0.05) is 6.54 Å². The largest absolute Gasteiger partial charge is 0.466 e. The molecule has 0 aliphatic rings. The highest BCUT2D eigenvalue weighted by Gasteiger charge is 2.15. The molecule has 0 spiro atoms. The predicted octanol–water partition coefficient (Wildman–Crippen LogP) is 2.30. The van der Waals surface area contributed by atoms with Crippen molar-refractivity contribution >= 4 is 16.7 Å². The van der Waals surface area contributed by atoms with Crippen LogP contribution in [0.4, 0.5) is 0 Å². The fourth-order valence-electron chi connectivity index (χ4n) is 2.87. The Morgan fingerprint density at radius 1 is 1.04 bits per heavy atom. The van der Waals surface area contributed by atoms with Gasteiger partial charge in [-0.3, -0.25) is 9.36 Å². The number of aromatic nitrogens is 4. The molecular weight excluding hydrogens is 304 g/mol. The van der Waals surface area contributed by atoms with Gasteiger partial charge in [0.05, 0.1) is 18.0 Å². The summed E-state index contributed by atoms with van der Waals surface area (Å²) in [6, 6.07) is 17.7. The van der Waals surface area contributed by atoms with Crippen molar-refractivity contribution in [2.24, 2.45) is 0 Å². The summed E-state index contributed by atoms with van der Waals surface area (Å²) < 4.78 is 8.47. The number of hydrogen-bond acceptors (Lipinski definition) is 4. The molecule has 0 fully saturated rings. The molecule has 0 aliphatic heterocycles. The number of benzene rings is 2. The molecular formula is C18H16N4O2. The van der Waals surface area contributed by atoms with E-state index < -0.39 is 0 Å². The Kier molecular flexibility index (Phi) is 3.49. The van der Waals surface area contributed by atoms with Gasteiger partial charge in [-0.1, -0.05) is 42.5 Å². The highest BCUT2D eigenvalue weighted by Crippen LogP contribution is 2.15. The number of ether oxygens (including phenoxy) is 1. The highest BCUT2D eigenvalue weighted by molar-refractivity contribution is 5.79. The third-order valence-electron chi connectivity index (χ3n) is 4.07. The van der Waals surface area contributed by atoms with Gasteiger partial charge in [-0.25, -0.2) is 0 Å². The molecule has 24 heavy (non-hydrogen) atoms. The third-order valence-corrected chi connectivity index (χ3v) is 4.07. The van der Waals surface area contributed by atoms with E-state index in [1.807, 2.05) is 54.6 Å². The van der Waals surface area contributed by atoms with Crippen molar-refractivity contribution in [1.29, 1.82) is 0 Å². The second-order valence-electron chi connectivity index (χ2n) is 5.52. The fourth-order valence-corrected chi connectivity index (χ4v) is 2.87. The van der Waals surface area contributed by atoms with Gasteiger partial charge < -0.3 is 4.74 Å². The van der Waals surface area contributed by atoms with Gasteiger partial charge in [0.2, 0.25) is 5.78 Å². The van der Waals surface area contributed by atoms with E-state index in [2.05, 4.69) is 10.1 Å². The molecule has 6 nitrogen and oxygen atoms in total. The Morgan fingerprint density at radius 2 is 1.79 bits per heavy atom. The van der Waals surface area contributed by atoms with Crippen molar-refractivity contribution in [3.8, 4) is 6.01 Å². The van der Waals surface area contributed by atoms with Crippen molar-refractivity contribution in [2.45, 2.75) is 13.0 Å². The molecule has 2 heterocycles. The van der Waals surface area contributed by atoms with Gasteiger partial charge in [0.15, 0.2) is 0 Å². The fraction of sp³-hybridized carbons (Fsp3) is 0.167. The lowest BCUT2D eigenvalue weighted by molar-refractivity contribution is 0.381. The number of hydrogen-bond donors (Lipinski definition) is 0. The third kappa shape index (κ3) is 2.32. The summed E-state index contributed by atoms with van der Waals surface area (Å²) in [5, 5.41) is 4.96. The molecule has 6 heteroatoms. The van der Waals surface area contributed by atoms with Crippen LogP contribution in [0.15, 0.2) is 59.4 Å². The van der Waals surface area contributed by atoms with E-state index >= 15 is 0 Å². The lowest BCUT2D eigenvalue weighted by Crippen LogP contribution is -2.24. The molecule has 4 aromatic rings. The van der Waals surface area contributed by atoms with Gasteiger partial charge >= 0.3 is 6.01 Å². The first-order valence-corrected chi connectivity index (χ1v) is 7.74. The summed E-state index contributed by atoms with van der Waals surface area (Å²) in [7, 11) is 1.52. The summed E-state index contributed by atoms with van der Waals surface area (Å²) in [6.07, 6.45) is 0.740. The average molecular weight is 320 g/mol. The van der Waals surface area contributed by atoms with Crippen molar-refractivity contribution in [3.63, 3.8) is 0 Å². The Morgan fingerprint density at radius 3 is 2.58 bits per heavy atom. The lowest BCUT2D eigenvalue weighted by atomic mass is 10.1. The number of nitrogens with zero attached hydrogens (tertiary/aromatic N) is 4. The molecule has 2 aromatic heterocycles. The maximum absolute atomic E-state index is 12.9. The molecule has 0 amide bonds. The first-order valence-electron chi connectivity index (χ1n) is 7.74. The van der Waals surface area contributed by atoms with E-state index in [4.69, 9.17) is 4.74 Å². The molecule has 0 aliphatic carbocycles. The van der Waals surface area contributed by atoms with Crippen LogP contribution in [0.5, 0.6) is 6.01 Å². The maximum Gasteiger partial charge on any atom is 0.337 e. The molecule has 0 unspecified atom stereocenters. The summed E-state index contributed by atoms with van der Waals surface area (Å²) in [6.45, 7) is 0.527. The SMILES string of the molecule is COc1nc2n(CCc3ccccc3)c(=O)c3ccccc3n2n1. The van der Waals surface area contributed by atoms with Crippen LogP contribution in [0.2, 0.25) is 0 Å². The second-order valence-corrected chi connectivity index (χ2v) is 5.52. The number of aryl methyl sites for hydroxylation is 2. The van der Waals surface area contributed by atoms with E-state index in [1.54, 1.807) is 9.08 Å². The predicted molar refractivity (Wildman–Crippen MR) is 91.5 cm³/mol. The second kappa shape index (κ2) is 5.81. The molecule has 0 bridgehead atoms. The zero-order chi connectivity index (χ0) is 16.5. The highest BCUT2D eigenvalue weighted by atomic mass is 16.5. The van der Waals surface area contributed by atoms with Crippen molar-refractivity contribution < 1.29 is 4.74 Å². The van der Waals surface area contributed by atoms with Gasteiger partial charge in [0.25, 0.3) is 5.56 Å². The smallest absolute Gasteiger partial charge is 0.337 e. The number of rotatable bonds is 4. The monoisotopic (exact) mass is 320 g/mol. The van der Waals surface area contributed by atoms with Crippen LogP contribution in [-0.2, 0) is 13.0 Å². The number of para-hydroxylation sites is 1. The minimum atomic E-state index is -0.0657. The van der Waals surface area contributed by atoms with Crippen molar-refractivity contribution in [3.05, 3.63) is 70.5 Å². The summed E-state index contributed by atoms with van der Waals surface area (Å²) >= 11 is 0. The molecule has 0 radical (unpaired) electrons. The van der Waals surface area contributed by atoms with Crippen LogP contribution in [0, 0.1) is 0 Å². The van der Waals surface area contributed by atoms with Gasteiger partial charge in [-0.2, -0.15) is 9.50 Å². The van der Waals surface area contributed by atoms with Crippen LogP contribution in [-0.4, -0.2) is 26.3 Å². The Balaban J connectivity index is 1.90. The van der Waals surface area contributed by atoms with Crippen LogP contribution in [0.1, 0.15) is 5.56 Å². The minimum Gasteiger partial charge on any atom is -0.466 e. The quantitative estimate of drug-likeness (QED) is 0.579. The zero-order valence-corrected chi connectivity index (χ0v) is 13.2. The molecule has 2 aromatic carbocycles. The molecule has 0 saturated carbocycles. The van der Waals surface area contributed by atoms with E-state index in [0.29, 0.717) is 17.7 Å². The van der Waals surface area contributed by atoms with Gasteiger partial charge in [-0.15, -0.1) is 5.10 Å². The van der Waals surface area contributed by atoms with Crippen LogP contribution >= 0.6 is 0 Å². The van der Waals surface area contributed by atoms with E-state index in [-0.39, 0.29) is 11.6 Å². The Labute approximate surface area is 137 Å². The molecule has 120 valence electrons. The lowest BCUT2D eigenvalue weighted by Gasteiger charge is -2.09. The van der Waals surface area contributed by atoms with E-state index in [0.717, 1.165) is 11.9 Å².